The van der Waals surface area contributed by atoms with Gasteiger partial charge in [-0.05, 0) is 42.4 Å². The Kier molecular flexibility index (Phi) is 4.15. The second-order valence-electron chi connectivity index (χ2n) is 5.64. The third-order valence-electron chi connectivity index (χ3n) is 4.50. The molecule has 0 saturated heterocycles. The first-order chi connectivity index (χ1) is 8.66. The molecule has 2 heteroatoms. The topological polar surface area (TPSA) is 40.5 Å². The van der Waals surface area contributed by atoms with E-state index in [1.54, 1.807) is 0 Å². The number of hydrogen-bond donors (Lipinski definition) is 2. The molecule has 1 aromatic rings. The number of hydrogen-bond acceptors (Lipinski definition) is 2. The van der Waals surface area contributed by atoms with E-state index in [0.29, 0.717) is 0 Å². The molecule has 2 rings (SSSR count). The van der Waals surface area contributed by atoms with E-state index in [0.717, 1.165) is 12.0 Å². The van der Waals surface area contributed by atoms with E-state index in [4.69, 9.17) is 0 Å². The van der Waals surface area contributed by atoms with Gasteiger partial charge in [-0.2, -0.15) is 0 Å². The van der Waals surface area contributed by atoms with Crippen LogP contribution in [0.4, 0.5) is 0 Å². The van der Waals surface area contributed by atoms with Crippen molar-refractivity contribution in [2.75, 3.05) is 0 Å². The second kappa shape index (κ2) is 5.64. The molecule has 1 aromatic carbocycles. The molecule has 0 spiro atoms. The van der Waals surface area contributed by atoms with E-state index >= 15 is 0 Å². The van der Waals surface area contributed by atoms with E-state index in [9.17, 15) is 10.2 Å². The van der Waals surface area contributed by atoms with Gasteiger partial charge in [-0.25, -0.2) is 0 Å². The maximum absolute atomic E-state index is 9.70. The fraction of sp³-hybridized carbons (Fsp3) is 0.625. The Balaban J connectivity index is 2.33. The summed E-state index contributed by atoms with van der Waals surface area (Å²) in [5.41, 5.74) is 1.26. The molecule has 1 aliphatic carbocycles. The number of phenols is 2. The molecule has 0 unspecified atom stereocenters. The van der Waals surface area contributed by atoms with Crippen molar-refractivity contribution in [3.63, 3.8) is 0 Å². The van der Waals surface area contributed by atoms with Crippen LogP contribution in [0.3, 0.4) is 0 Å². The SMILES string of the molecule is CCC1(c2cc(O)cc(O)c2)CCCCCCC1. The molecule has 0 aliphatic heterocycles. The first kappa shape index (κ1) is 13.3. The summed E-state index contributed by atoms with van der Waals surface area (Å²) in [6.07, 6.45) is 9.91. The predicted molar refractivity (Wildman–Crippen MR) is 74.1 cm³/mol. The summed E-state index contributed by atoms with van der Waals surface area (Å²) in [5.74, 6) is 0.361. The Hall–Kier alpha value is -1.18. The predicted octanol–water partition coefficient (Wildman–Crippen LogP) is 4.49. The van der Waals surface area contributed by atoms with Gasteiger partial charge in [0.2, 0.25) is 0 Å². The van der Waals surface area contributed by atoms with Crippen LogP contribution in [0.25, 0.3) is 0 Å². The molecule has 1 fully saturated rings. The zero-order valence-corrected chi connectivity index (χ0v) is 11.3. The van der Waals surface area contributed by atoms with Crippen molar-refractivity contribution in [3.8, 4) is 11.5 Å². The third-order valence-corrected chi connectivity index (χ3v) is 4.50. The molecule has 2 nitrogen and oxygen atoms in total. The van der Waals surface area contributed by atoms with Crippen molar-refractivity contribution in [1.82, 2.24) is 0 Å². The van der Waals surface area contributed by atoms with Crippen LogP contribution in [0.1, 0.15) is 63.9 Å². The molecule has 0 heterocycles. The van der Waals surface area contributed by atoms with Gasteiger partial charge in [0.05, 0.1) is 0 Å². The van der Waals surface area contributed by atoms with Crippen LogP contribution in [0.5, 0.6) is 11.5 Å². The summed E-state index contributed by atoms with van der Waals surface area (Å²) < 4.78 is 0. The van der Waals surface area contributed by atoms with E-state index in [-0.39, 0.29) is 16.9 Å². The summed E-state index contributed by atoms with van der Waals surface area (Å²) >= 11 is 0. The zero-order valence-electron chi connectivity index (χ0n) is 11.3. The second-order valence-corrected chi connectivity index (χ2v) is 5.64. The minimum atomic E-state index is 0.149. The van der Waals surface area contributed by atoms with Gasteiger partial charge >= 0.3 is 0 Å². The van der Waals surface area contributed by atoms with Gasteiger partial charge in [0.15, 0.2) is 0 Å². The van der Waals surface area contributed by atoms with E-state index in [1.807, 2.05) is 12.1 Å². The van der Waals surface area contributed by atoms with Crippen molar-refractivity contribution in [3.05, 3.63) is 23.8 Å². The number of rotatable bonds is 2. The standard InChI is InChI=1S/C16H24O2/c1-2-16(8-6-4-3-5-7-9-16)13-10-14(17)12-15(18)11-13/h10-12,17-18H,2-9H2,1H3. The molecule has 0 amide bonds. The average molecular weight is 248 g/mol. The summed E-state index contributed by atoms with van der Waals surface area (Å²) in [7, 11) is 0. The van der Waals surface area contributed by atoms with Crippen molar-refractivity contribution in [2.45, 2.75) is 63.7 Å². The van der Waals surface area contributed by atoms with Gasteiger partial charge in [-0.15, -0.1) is 0 Å². The lowest BCUT2D eigenvalue weighted by Crippen LogP contribution is -2.26. The van der Waals surface area contributed by atoms with Gasteiger partial charge in [-0.1, -0.05) is 39.0 Å². The minimum absolute atomic E-state index is 0.149. The fourth-order valence-electron chi connectivity index (χ4n) is 3.33. The van der Waals surface area contributed by atoms with E-state index < -0.39 is 0 Å². The van der Waals surface area contributed by atoms with Crippen LogP contribution in [0, 0.1) is 0 Å². The lowest BCUT2D eigenvalue weighted by molar-refractivity contribution is 0.302. The summed E-state index contributed by atoms with van der Waals surface area (Å²) in [6, 6.07) is 5.09. The molecule has 0 bridgehead atoms. The molecule has 0 atom stereocenters. The van der Waals surface area contributed by atoms with Crippen molar-refractivity contribution in [1.29, 1.82) is 0 Å². The molecule has 100 valence electrons. The zero-order chi connectivity index (χ0) is 13.0. The third kappa shape index (κ3) is 2.80. The molecule has 0 aromatic heterocycles. The maximum Gasteiger partial charge on any atom is 0.119 e. The summed E-state index contributed by atoms with van der Waals surface area (Å²) in [4.78, 5) is 0. The normalized spacial score (nSPS) is 20.1. The largest absolute Gasteiger partial charge is 0.508 e. The Labute approximate surface area is 110 Å². The lowest BCUT2D eigenvalue weighted by atomic mass is 9.69. The van der Waals surface area contributed by atoms with Gasteiger partial charge in [0.25, 0.3) is 0 Å². The quantitative estimate of drug-likeness (QED) is 0.809. The van der Waals surface area contributed by atoms with Crippen molar-refractivity contribution >= 4 is 0 Å². The summed E-state index contributed by atoms with van der Waals surface area (Å²) in [5, 5.41) is 19.4. The average Bonchev–Trinajstić information content (AvgIpc) is 2.28. The van der Waals surface area contributed by atoms with E-state index in [2.05, 4.69) is 6.92 Å². The van der Waals surface area contributed by atoms with Crippen molar-refractivity contribution < 1.29 is 10.2 Å². The molecule has 18 heavy (non-hydrogen) atoms. The highest BCUT2D eigenvalue weighted by Crippen LogP contribution is 2.42. The number of aromatic hydroxyl groups is 2. The highest BCUT2D eigenvalue weighted by Gasteiger charge is 2.31. The molecular formula is C16H24O2. The summed E-state index contributed by atoms with van der Waals surface area (Å²) in [6.45, 7) is 2.22. The molecular weight excluding hydrogens is 224 g/mol. The Bertz CT molecular complexity index is 370. The van der Waals surface area contributed by atoms with E-state index in [1.165, 1.54) is 51.0 Å². The van der Waals surface area contributed by atoms with Crippen LogP contribution in [0.15, 0.2) is 18.2 Å². The fourth-order valence-corrected chi connectivity index (χ4v) is 3.33. The van der Waals surface area contributed by atoms with Crippen LogP contribution in [0.2, 0.25) is 0 Å². The first-order valence-electron chi connectivity index (χ1n) is 7.20. The Morgan fingerprint density at radius 2 is 1.39 bits per heavy atom. The minimum Gasteiger partial charge on any atom is -0.508 e. The van der Waals surface area contributed by atoms with Crippen LogP contribution >= 0.6 is 0 Å². The van der Waals surface area contributed by atoms with Gasteiger partial charge in [-0.3, -0.25) is 0 Å². The highest BCUT2D eigenvalue weighted by atomic mass is 16.3. The maximum atomic E-state index is 9.70. The van der Waals surface area contributed by atoms with Crippen LogP contribution < -0.4 is 0 Å². The number of phenolic OH excluding ortho intramolecular Hbond substituents is 2. The van der Waals surface area contributed by atoms with Crippen molar-refractivity contribution in [2.24, 2.45) is 0 Å². The van der Waals surface area contributed by atoms with Gasteiger partial charge in [0, 0.05) is 6.07 Å². The Morgan fingerprint density at radius 3 is 1.89 bits per heavy atom. The smallest absolute Gasteiger partial charge is 0.119 e. The number of benzene rings is 1. The first-order valence-corrected chi connectivity index (χ1v) is 7.20. The molecule has 1 saturated carbocycles. The molecule has 1 aliphatic rings. The lowest BCUT2D eigenvalue weighted by Gasteiger charge is -2.35. The highest BCUT2D eigenvalue weighted by molar-refractivity contribution is 5.40. The monoisotopic (exact) mass is 248 g/mol. The van der Waals surface area contributed by atoms with Crippen LogP contribution in [-0.2, 0) is 5.41 Å². The Morgan fingerprint density at radius 1 is 0.889 bits per heavy atom. The molecule has 0 radical (unpaired) electrons. The molecule has 2 N–H and O–H groups in total. The van der Waals surface area contributed by atoms with Gasteiger partial charge < -0.3 is 10.2 Å². The van der Waals surface area contributed by atoms with Crippen LogP contribution in [-0.4, -0.2) is 10.2 Å². The van der Waals surface area contributed by atoms with Gasteiger partial charge in [0.1, 0.15) is 11.5 Å².